The Morgan fingerprint density at radius 1 is 0.500 bits per heavy atom. The summed E-state index contributed by atoms with van der Waals surface area (Å²) >= 11 is 0. The van der Waals surface area contributed by atoms with Crippen LogP contribution < -0.4 is 0 Å². The van der Waals surface area contributed by atoms with Gasteiger partial charge in [-0.3, -0.25) is 18.6 Å². The van der Waals surface area contributed by atoms with Crippen LogP contribution in [0.5, 0.6) is 0 Å². The van der Waals surface area contributed by atoms with Crippen molar-refractivity contribution in [1.29, 1.82) is 0 Å². The van der Waals surface area contributed by atoms with Gasteiger partial charge in [0.25, 0.3) is 0 Å². The van der Waals surface area contributed by atoms with Gasteiger partial charge in [0, 0.05) is 12.8 Å². The molecule has 0 saturated heterocycles. The van der Waals surface area contributed by atoms with E-state index in [1.807, 2.05) is 21.1 Å². The van der Waals surface area contributed by atoms with E-state index in [4.69, 9.17) is 18.5 Å². The molecule has 0 amide bonds. The van der Waals surface area contributed by atoms with E-state index in [0.29, 0.717) is 17.4 Å². The van der Waals surface area contributed by atoms with Gasteiger partial charge in [-0.1, -0.05) is 185 Å². The predicted octanol–water partition coefficient (Wildman–Crippen LogP) is 15.3. The molecule has 2 unspecified atom stereocenters. The number of esters is 2. The van der Waals surface area contributed by atoms with Gasteiger partial charge in [0.15, 0.2) is 6.10 Å². The summed E-state index contributed by atoms with van der Waals surface area (Å²) in [6.07, 6.45) is 52.0. The third kappa shape index (κ3) is 47.7. The van der Waals surface area contributed by atoms with E-state index in [1.165, 1.54) is 141 Å². The first-order valence-electron chi connectivity index (χ1n) is 25.7. The molecule has 0 fully saturated rings. The van der Waals surface area contributed by atoms with Crippen LogP contribution in [0.1, 0.15) is 232 Å². The molecule has 0 aliphatic heterocycles. The Kier molecular flexibility index (Phi) is 43.2. The standard InChI is InChI=1S/C52H98NO8P/c1-6-8-10-12-14-16-18-20-22-23-24-25-26-27-28-29-31-32-34-36-38-40-42-44-51(54)58-48-50(49-60-62(56,57)59-47-46-53(3,4)5)61-52(55)45-43-41-39-37-35-33-30-21-19-17-15-13-11-9-7-2/h15,17,21,23-24,30,50H,6-14,16,18-20,22,25-29,31-49H2,1-5H3/p+1/b17-15-,24-23-,30-21-. The molecule has 0 rings (SSSR count). The number of carbonyl (C=O) groups is 2. The van der Waals surface area contributed by atoms with E-state index in [9.17, 15) is 19.0 Å². The number of hydrogen-bond donors (Lipinski definition) is 1. The molecule has 0 heterocycles. The molecule has 10 heteroatoms. The molecule has 0 aliphatic rings. The van der Waals surface area contributed by atoms with Crippen molar-refractivity contribution in [2.75, 3.05) is 47.5 Å². The number of phosphoric ester groups is 1. The van der Waals surface area contributed by atoms with Gasteiger partial charge in [-0.2, -0.15) is 0 Å². The highest BCUT2D eigenvalue weighted by molar-refractivity contribution is 7.47. The highest BCUT2D eigenvalue weighted by atomic mass is 31.2. The van der Waals surface area contributed by atoms with Crippen LogP contribution in [0.15, 0.2) is 36.5 Å². The van der Waals surface area contributed by atoms with Gasteiger partial charge >= 0.3 is 19.8 Å². The topological polar surface area (TPSA) is 108 Å². The number of phosphoric acid groups is 1. The van der Waals surface area contributed by atoms with Crippen molar-refractivity contribution in [1.82, 2.24) is 0 Å². The minimum Gasteiger partial charge on any atom is -0.462 e. The van der Waals surface area contributed by atoms with E-state index in [0.717, 1.165) is 57.8 Å². The minimum absolute atomic E-state index is 0.0290. The third-order valence-electron chi connectivity index (χ3n) is 11.1. The van der Waals surface area contributed by atoms with Crippen molar-refractivity contribution >= 4 is 19.8 Å². The number of likely N-dealkylation sites (N-methyl/N-ethyl adjacent to an activating group) is 1. The van der Waals surface area contributed by atoms with Crippen LogP contribution in [0, 0.1) is 0 Å². The van der Waals surface area contributed by atoms with Crippen LogP contribution in [0.25, 0.3) is 0 Å². The molecule has 0 aromatic carbocycles. The molecule has 0 aliphatic carbocycles. The van der Waals surface area contributed by atoms with Crippen LogP contribution >= 0.6 is 7.82 Å². The SMILES string of the molecule is CCCCC/C=C\C/C=C\CCCCCCCC(=O)OC(COC(=O)CCCCCCCCCCCCC/C=C\CCCCCCCCCC)COP(=O)(O)OCC[N+](C)(C)C. The maximum absolute atomic E-state index is 12.7. The molecule has 0 bridgehead atoms. The molecular weight excluding hydrogens is 798 g/mol. The number of hydrogen-bond acceptors (Lipinski definition) is 7. The average molecular weight is 897 g/mol. The number of ether oxygens (including phenoxy) is 2. The highest BCUT2D eigenvalue weighted by Gasteiger charge is 2.27. The summed E-state index contributed by atoms with van der Waals surface area (Å²) in [5.41, 5.74) is 0. The van der Waals surface area contributed by atoms with Crippen LogP contribution in [0.2, 0.25) is 0 Å². The van der Waals surface area contributed by atoms with Crippen LogP contribution in [-0.4, -0.2) is 74.9 Å². The van der Waals surface area contributed by atoms with Gasteiger partial charge in [-0.05, 0) is 70.6 Å². The van der Waals surface area contributed by atoms with E-state index in [1.54, 1.807) is 0 Å². The molecule has 9 nitrogen and oxygen atoms in total. The Hall–Kier alpha value is -1.77. The Morgan fingerprint density at radius 2 is 0.871 bits per heavy atom. The van der Waals surface area contributed by atoms with Crippen LogP contribution in [0.4, 0.5) is 0 Å². The molecule has 62 heavy (non-hydrogen) atoms. The third-order valence-corrected chi connectivity index (χ3v) is 12.1. The molecule has 1 N–H and O–H groups in total. The normalized spacial score (nSPS) is 13.7. The maximum atomic E-state index is 12.7. The molecule has 2 atom stereocenters. The number of nitrogens with zero attached hydrogens (tertiary/aromatic N) is 1. The van der Waals surface area contributed by atoms with Gasteiger partial charge < -0.3 is 18.9 Å². The zero-order valence-electron chi connectivity index (χ0n) is 41.1. The van der Waals surface area contributed by atoms with Gasteiger partial charge in [-0.15, -0.1) is 0 Å². The predicted molar refractivity (Wildman–Crippen MR) is 261 cm³/mol. The summed E-state index contributed by atoms with van der Waals surface area (Å²) in [6, 6.07) is 0. The number of unbranched alkanes of at least 4 members (excludes halogenated alkanes) is 27. The van der Waals surface area contributed by atoms with Crippen molar-refractivity contribution in [3.63, 3.8) is 0 Å². The Morgan fingerprint density at radius 3 is 1.32 bits per heavy atom. The van der Waals surface area contributed by atoms with E-state index < -0.39 is 26.5 Å². The monoisotopic (exact) mass is 897 g/mol. The fourth-order valence-electron chi connectivity index (χ4n) is 7.10. The fraction of sp³-hybridized carbons (Fsp3) is 0.846. The second kappa shape index (κ2) is 44.4. The van der Waals surface area contributed by atoms with Gasteiger partial charge in [-0.25, -0.2) is 4.57 Å². The molecule has 0 aromatic rings. The minimum atomic E-state index is -4.38. The zero-order valence-corrected chi connectivity index (χ0v) is 42.0. The number of quaternary nitrogens is 1. The summed E-state index contributed by atoms with van der Waals surface area (Å²) in [4.78, 5) is 35.5. The Bertz CT molecular complexity index is 1150. The molecule has 364 valence electrons. The van der Waals surface area contributed by atoms with Crippen molar-refractivity contribution in [2.45, 2.75) is 238 Å². The summed E-state index contributed by atoms with van der Waals surface area (Å²) in [5.74, 6) is -0.809. The van der Waals surface area contributed by atoms with Crippen molar-refractivity contribution in [3.05, 3.63) is 36.5 Å². The first-order chi connectivity index (χ1) is 30.0. The van der Waals surface area contributed by atoms with Gasteiger partial charge in [0.05, 0.1) is 27.7 Å². The lowest BCUT2D eigenvalue weighted by Gasteiger charge is -2.24. The van der Waals surface area contributed by atoms with E-state index in [-0.39, 0.29) is 32.0 Å². The van der Waals surface area contributed by atoms with Gasteiger partial charge in [0.2, 0.25) is 0 Å². The Labute approximate surface area is 382 Å². The van der Waals surface area contributed by atoms with Crippen molar-refractivity contribution < 1.29 is 42.1 Å². The summed E-state index contributed by atoms with van der Waals surface area (Å²) < 4.78 is 34.4. The Balaban J connectivity index is 4.21. The van der Waals surface area contributed by atoms with Crippen LogP contribution in [-0.2, 0) is 32.7 Å². The lowest BCUT2D eigenvalue weighted by molar-refractivity contribution is -0.870. The molecule has 0 saturated carbocycles. The first kappa shape index (κ1) is 60.2. The highest BCUT2D eigenvalue weighted by Crippen LogP contribution is 2.43. The average Bonchev–Trinajstić information content (AvgIpc) is 3.23. The second-order valence-corrected chi connectivity index (χ2v) is 20.0. The number of carbonyl (C=O) groups excluding carboxylic acids is 2. The summed E-state index contributed by atoms with van der Waals surface area (Å²) in [6.45, 7) is 4.40. The lowest BCUT2D eigenvalue weighted by atomic mass is 10.0. The fourth-order valence-corrected chi connectivity index (χ4v) is 7.84. The summed E-state index contributed by atoms with van der Waals surface area (Å²) in [5, 5.41) is 0. The molecule has 0 aromatic heterocycles. The van der Waals surface area contributed by atoms with E-state index in [2.05, 4.69) is 50.3 Å². The smallest absolute Gasteiger partial charge is 0.462 e. The quantitative estimate of drug-likeness (QED) is 0.0212. The van der Waals surface area contributed by atoms with E-state index >= 15 is 0 Å². The van der Waals surface area contributed by atoms with Crippen molar-refractivity contribution in [2.24, 2.45) is 0 Å². The van der Waals surface area contributed by atoms with Crippen LogP contribution in [0.3, 0.4) is 0 Å². The number of allylic oxidation sites excluding steroid dienone is 6. The molecule has 0 spiro atoms. The maximum Gasteiger partial charge on any atom is 0.472 e. The zero-order chi connectivity index (χ0) is 45.7. The van der Waals surface area contributed by atoms with Gasteiger partial charge in [0.1, 0.15) is 19.8 Å². The molecule has 0 radical (unpaired) electrons. The summed E-state index contributed by atoms with van der Waals surface area (Å²) in [7, 11) is 1.47. The lowest BCUT2D eigenvalue weighted by Crippen LogP contribution is -2.37. The first-order valence-corrected chi connectivity index (χ1v) is 27.2. The number of rotatable bonds is 47. The molecular formula is C52H99NO8P+. The largest absolute Gasteiger partial charge is 0.472 e. The van der Waals surface area contributed by atoms with Crippen molar-refractivity contribution in [3.8, 4) is 0 Å². The second-order valence-electron chi connectivity index (χ2n) is 18.5.